The molecule has 2 heterocycles. The Kier molecular flexibility index (Phi) is 6.32. The van der Waals surface area contributed by atoms with Gasteiger partial charge in [0.15, 0.2) is 0 Å². The molecule has 2 aliphatic rings. The largest absolute Gasteiger partial charge is 0.478 e. The number of hydrogen-bond donors (Lipinski definition) is 2. The third-order valence-electron chi connectivity index (χ3n) is 6.18. The molecule has 5 nitrogen and oxygen atoms in total. The van der Waals surface area contributed by atoms with Crippen LogP contribution in [0.15, 0.2) is 36.4 Å². The molecule has 0 spiro atoms. The predicted octanol–water partition coefficient (Wildman–Crippen LogP) is 5.00. The fourth-order valence-corrected chi connectivity index (χ4v) is 5.41. The standard InChI is InChI=1S/C23H23Cl2NO4/c24-18-11-16(13-1-3-15(4-2-13)23(28)29)12-19(25)21(18)20(14-6-9-30-10-7-14)17-5-8-26-22(17)27/h1-4,11-12,14,17,20H,5-10H2,(H,26,27)(H,28,29)/t17-,20?/m1/s1. The smallest absolute Gasteiger partial charge is 0.335 e. The highest BCUT2D eigenvalue weighted by molar-refractivity contribution is 6.36. The molecule has 0 saturated carbocycles. The molecule has 2 N–H and O–H groups in total. The van der Waals surface area contributed by atoms with Crippen molar-refractivity contribution in [2.24, 2.45) is 11.8 Å². The Morgan fingerprint density at radius 1 is 1.03 bits per heavy atom. The molecular weight excluding hydrogens is 425 g/mol. The van der Waals surface area contributed by atoms with E-state index in [2.05, 4.69) is 5.32 Å². The van der Waals surface area contributed by atoms with Gasteiger partial charge in [-0.05, 0) is 66.1 Å². The Labute approximate surface area is 185 Å². The van der Waals surface area contributed by atoms with Crippen molar-refractivity contribution in [1.82, 2.24) is 5.32 Å². The van der Waals surface area contributed by atoms with Crippen LogP contribution in [0.2, 0.25) is 10.0 Å². The molecule has 0 bridgehead atoms. The van der Waals surface area contributed by atoms with Crippen LogP contribution in [0.5, 0.6) is 0 Å². The van der Waals surface area contributed by atoms with Crippen molar-refractivity contribution in [2.75, 3.05) is 19.8 Å². The van der Waals surface area contributed by atoms with E-state index in [-0.39, 0.29) is 29.2 Å². The van der Waals surface area contributed by atoms with E-state index in [0.717, 1.165) is 36.0 Å². The van der Waals surface area contributed by atoms with Gasteiger partial charge in [-0.25, -0.2) is 4.79 Å². The van der Waals surface area contributed by atoms with Crippen molar-refractivity contribution < 1.29 is 19.4 Å². The highest BCUT2D eigenvalue weighted by Crippen LogP contribution is 2.47. The lowest BCUT2D eigenvalue weighted by Gasteiger charge is -2.34. The van der Waals surface area contributed by atoms with Gasteiger partial charge in [-0.15, -0.1) is 0 Å². The summed E-state index contributed by atoms with van der Waals surface area (Å²) in [4.78, 5) is 23.6. The molecule has 1 unspecified atom stereocenters. The maximum Gasteiger partial charge on any atom is 0.335 e. The Bertz CT molecular complexity index is 931. The van der Waals surface area contributed by atoms with Crippen molar-refractivity contribution in [3.63, 3.8) is 0 Å². The monoisotopic (exact) mass is 447 g/mol. The highest BCUT2D eigenvalue weighted by atomic mass is 35.5. The molecule has 2 aliphatic heterocycles. The van der Waals surface area contributed by atoms with Crippen molar-refractivity contribution in [2.45, 2.75) is 25.2 Å². The highest BCUT2D eigenvalue weighted by Gasteiger charge is 2.40. The van der Waals surface area contributed by atoms with Gasteiger partial charge in [0.25, 0.3) is 0 Å². The lowest BCUT2D eigenvalue weighted by Crippen LogP contribution is -2.32. The van der Waals surface area contributed by atoms with Crippen LogP contribution in [0.1, 0.15) is 41.1 Å². The zero-order valence-electron chi connectivity index (χ0n) is 16.4. The topological polar surface area (TPSA) is 75.6 Å². The average Bonchev–Trinajstić information content (AvgIpc) is 3.16. The maximum absolute atomic E-state index is 12.6. The predicted molar refractivity (Wildman–Crippen MR) is 116 cm³/mol. The molecule has 2 atom stereocenters. The number of halogens is 2. The summed E-state index contributed by atoms with van der Waals surface area (Å²) >= 11 is 13.5. The molecule has 30 heavy (non-hydrogen) atoms. The number of rotatable bonds is 5. The van der Waals surface area contributed by atoms with Crippen LogP contribution >= 0.6 is 23.2 Å². The number of amides is 1. The Morgan fingerprint density at radius 2 is 1.67 bits per heavy atom. The quantitative estimate of drug-likeness (QED) is 0.675. The molecule has 4 rings (SSSR count). The van der Waals surface area contributed by atoms with E-state index in [0.29, 0.717) is 29.8 Å². The van der Waals surface area contributed by atoms with Crippen LogP contribution in [-0.4, -0.2) is 36.7 Å². The molecule has 2 saturated heterocycles. The van der Waals surface area contributed by atoms with Crippen LogP contribution in [-0.2, 0) is 9.53 Å². The summed E-state index contributed by atoms with van der Waals surface area (Å²) in [5.74, 6) is -0.832. The number of benzene rings is 2. The van der Waals surface area contributed by atoms with Gasteiger partial charge >= 0.3 is 5.97 Å². The van der Waals surface area contributed by atoms with Crippen molar-refractivity contribution in [3.8, 4) is 11.1 Å². The summed E-state index contributed by atoms with van der Waals surface area (Å²) in [6, 6.07) is 10.3. The fraction of sp³-hybridized carbons (Fsp3) is 0.391. The van der Waals surface area contributed by atoms with Gasteiger partial charge in [-0.1, -0.05) is 35.3 Å². The summed E-state index contributed by atoms with van der Waals surface area (Å²) < 4.78 is 5.53. The summed E-state index contributed by atoms with van der Waals surface area (Å²) in [5, 5.41) is 13.1. The van der Waals surface area contributed by atoms with Gasteiger partial charge < -0.3 is 15.2 Å². The van der Waals surface area contributed by atoms with Gasteiger partial charge in [0.2, 0.25) is 5.91 Å². The van der Waals surface area contributed by atoms with Crippen LogP contribution in [0.4, 0.5) is 0 Å². The van der Waals surface area contributed by atoms with Gasteiger partial charge in [0.05, 0.1) is 5.56 Å². The zero-order valence-corrected chi connectivity index (χ0v) is 17.9. The Hall–Kier alpha value is -2.08. The maximum atomic E-state index is 12.6. The van der Waals surface area contributed by atoms with E-state index >= 15 is 0 Å². The number of carbonyl (C=O) groups excluding carboxylic acids is 1. The molecular formula is C23H23Cl2NO4. The Balaban J connectivity index is 1.72. The first kappa shape index (κ1) is 21.2. The second-order valence-corrected chi connectivity index (χ2v) is 8.71. The van der Waals surface area contributed by atoms with Crippen LogP contribution < -0.4 is 5.32 Å². The number of hydrogen-bond acceptors (Lipinski definition) is 3. The van der Waals surface area contributed by atoms with Crippen molar-refractivity contribution in [1.29, 1.82) is 0 Å². The second-order valence-electron chi connectivity index (χ2n) is 7.90. The summed E-state index contributed by atoms with van der Waals surface area (Å²) in [7, 11) is 0. The van der Waals surface area contributed by atoms with Crippen LogP contribution in [0.3, 0.4) is 0 Å². The number of nitrogens with one attached hydrogen (secondary N) is 1. The number of aromatic carboxylic acids is 1. The third-order valence-corrected chi connectivity index (χ3v) is 6.80. The number of ether oxygens (including phenoxy) is 1. The minimum absolute atomic E-state index is 0.0557. The lowest BCUT2D eigenvalue weighted by atomic mass is 9.72. The van der Waals surface area contributed by atoms with Crippen molar-refractivity contribution in [3.05, 3.63) is 57.6 Å². The van der Waals surface area contributed by atoms with E-state index in [4.69, 9.17) is 33.0 Å². The van der Waals surface area contributed by atoms with Gasteiger partial charge in [-0.2, -0.15) is 0 Å². The molecule has 0 radical (unpaired) electrons. The minimum atomic E-state index is -0.970. The van der Waals surface area contributed by atoms with Gasteiger partial charge in [-0.3, -0.25) is 4.79 Å². The first-order valence-corrected chi connectivity index (χ1v) is 10.9. The average molecular weight is 448 g/mol. The van der Waals surface area contributed by atoms with E-state index in [1.165, 1.54) is 0 Å². The molecule has 158 valence electrons. The van der Waals surface area contributed by atoms with Crippen LogP contribution in [0.25, 0.3) is 11.1 Å². The molecule has 2 aromatic carbocycles. The Morgan fingerprint density at radius 3 is 2.20 bits per heavy atom. The van der Waals surface area contributed by atoms with E-state index in [9.17, 15) is 9.59 Å². The summed E-state index contributed by atoms with van der Waals surface area (Å²) in [6.45, 7) is 2.03. The van der Waals surface area contributed by atoms with E-state index in [1.807, 2.05) is 12.1 Å². The third kappa shape index (κ3) is 4.20. The molecule has 7 heteroatoms. The number of carbonyl (C=O) groups is 2. The first-order chi connectivity index (χ1) is 14.5. The fourth-order valence-electron chi connectivity index (χ4n) is 4.67. The SMILES string of the molecule is O=C(O)c1ccc(-c2cc(Cl)c(C(C3CCOCC3)[C@H]3CCNC3=O)c(Cl)c2)cc1. The number of carboxylic acid groups (broad SMARTS) is 1. The number of carboxylic acids is 1. The normalized spacial score (nSPS) is 20.7. The lowest BCUT2D eigenvalue weighted by molar-refractivity contribution is -0.123. The van der Waals surface area contributed by atoms with Crippen LogP contribution in [0, 0.1) is 11.8 Å². The molecule has 0 aromatic heterocycles. The molecule has 0 aliphatic carbocycles. The molecule has 1 amide bonds. The molecule has 2 fully saturated rings. The van der Waals surface area contributed by atoms with E-state index in [1.54, 1.807) is 24.3 Å². The van der Waals surface area contributed by atoms with Gasteiger partial charge in [0.1, 0.15) is 0 Å². The minimum Gasteiger partial charge on any atom is -0.478 e. The zero-order chi connectivity index (χ0) is 21.3. The second kappa shape index (κ2) is 8.96. The molecule has 2 aromatic rings. The van der Waals surface area contributed by atoms with Gasteiger partial charge in [0, 0.05) is 41.6 Å². The first-order valence-electron chi connectivity index (χ1n) is 10.1. The van der Waals surface area contributed by atoms with E-state index < -0.39 is 5.97 Å². The van der Waals surface area contributed by atoms with Crippen molar-refractivity contribution >= 4 is 35.1 Å². The summed E-state index contributed by atoms with van der Waals surface area (Å²) in [6.07, 6.45) is 2.52. The summed E-state index contributed by atoms with van der Waals surface area (Å²) in [5.41, 5.74) is 2.70.